The summed E-state index contributed by atoms with van der Waals surface area (Å²) in [5.74, 6) is -0.491. The van der Waals surface area contributed by atoms with Crippen LogP contribution in [0.3, 0.4) is 0 Å². The Morgan fingerprint density at radius 2 is 1.83 bits per heavy atom. The van der Waals surface area contributed by atoms with E-state index in [4.69, 9.17) is 15.6 Å². The molecule has 0 fully saturated rings. The highest BCUT2D eigenvalue weighted by Gasteiger charge is 2.23. The second-order valence-electron chi connectivity index (χ2n) is 4.12. The molecular formula is C8H17NO3. The summed E-state index contributed by atoms with van der Waals surface area (Å²) < 4.78 is 4.93. The van der Waals surface area contributed by atoms with Crippen molar-refractivity contribution in [1.29, 1.82) is 0 Å². The highest BCUT2D eigenvalue weighted by atomic mass is 16.6. The Morgan fingerprint density at radius 3 is 2.08 bits per heavy atom. The molecule has 0 aliphatic carbocycles. The molecule has 12 heavy (non-hydrogen) atoms. The first-order valence-corrected chi connectivity index (χ1v) is 3.83. The van der Waals surface area contributed by atoms with Gasteiger partial charge in [0, 0.05) is 0 Å². The van der Waals surface area contributed by atoms with E-state index >= 15 is 0 Å². The Labute approximate surface area is 72.7 Å². The van der Waals surface area contributed by atoms with Gasteiger partial charge in [-0.25, -0.2) is 0 Å². The number of hydrogen-bond donors (Lipinski definition) is 2. The zero-order valence-corrected chi connectivity index (χ0v) is 8.05. The van der Waals surface area contributed by atoms with Crippen LogP contribution in [-0.4, -0.2) is 22.4 Å². The zero-order valence-electron chi connectivity index (χ0n) is 8.05. The summed E-state index contributed by atoms with van der Waals surface area (Å²) in [6.07, 6.45) is -0.190. The molecule has 0 saturated carbocycles. The molecule has 1 atom stereocenters. The number of carbonyl (C=O) groups excluding carboxylic acids is 1. The van der Waals surface area contributed by atoms with E-state index in [2.05, 4.69) is 0 Å². The summed E-state index contributed by atoms with van der Waals surface area (Å²) in [7, 11) is 0. The number of carbonyl (C=O) groups is 1. The largest absolute Gasteiger partial charge is 0.460 e. The molecule has 1 unspecified atom stereocenters. The predicted octanol–water partition coefficient (Wildman–Crippen LogP) is 0.385. The van der Waals surface area contributed by atoms with Gasteiger partial charge in [0.05, 0.1) is 6.42 Å². The van der Waals surface area contributed by atoms with Gasteiger partial charge in [0.2, 0.25) is 0 Å². The molecule has 0 amide bonds. The van der Waals surface area contributed by atoms with Crippen molar-refractivity contribution in [2.24, 2.45) is 5.73 Å². The van der Waals surface area contributed by atoms with Crippen molar-refractivity contribution in [3.05, 3.63) is 0 Å². The Bertz CT molecular complexity index is 146. The van der Waals surface area contributed by atoms with Crippen molar-refractivity contribution in [1.82, 2.24) is 0 Å². The van der Waals surface area contributed by atoms with Gasteiger partial charge < -0.3 is 15.6 Å². The Balaban J connectivity index is 3.92. The van der Waals surface area contributed by atoms with E-state index < -0.39 is 17.3 Å². The van der Waals surface area contributed by atoms with Gasteiger partial charge >= 0.3 is 5.97 Å². The van der Waals surface area contributed by atoms with Crippen LogP contribution >= 0.6 is 0 Å². The lowest BCUT2D eigenvalue weighted by molar-refractivity contribution is -0.159. The third-order valence-electron chi connectivity index (χ3n) is 0.922. The van der Waals surface area contributed by atoms with Crippen LogP contribution in [0.4, 0.5) is 0 Å². The van der Waals surface area contributed by atoms with Crippen LogP contribution in [0.25, 0.3) is 0 Å². The van der Waals surface area contributed by atoms with Crippen LogP contribution in [0.15, 0.2) is 0 Å². The number of nitrogens with two attached hydrogens (primary N) is 1. The minimum atomic E-state index is -1.48. The molecule has 0 heterocycles. The van der Waals surface area contributed by atoms with Gasteiger partial charge in [0.1, 0.15) is 11.3 Å². The topological polar surface area (TPSA) is 72.5 Å². The van der Waals surface area contributed by atoms with Gasteiger partial charge in [0.25, 0.3) is 0 Å². The first kappa shape index (κ1) is 11.4. The van der Waals surface area contributed by atoms with Crippen molar-refractivity contribution >= 4 is 5.97 Å². The lowest BCUT2D eigenvalue weighted by Crippen LogP contribution is -2.40. The first-order valence-electron chi connectivity index (χ1n) is 3.83. The number of ether oxygens (including phenoxy) is 1. The van der Waals surface area contributed by atoms with Crippen LogP contribution in [0.1, 0.15) is 34.1 Å². The highest BCUT2D eigenvalue weighted by Crippen LogP contribution is 2.10. The maximum Gasteiger partial charge on any atom is 0.310 e. The third kappa shape index (κ3) is 7.50. The number of aliphatic hydroxyl groups is 1. The van der Waals surface area contributed by atoms with E-state index in [9.17, 15) is 4.79 Å². The molecule has 4 heteroatoms. The van der Waals surface area contributed by atoms with Crippen molar-refractivity contribution in [3.63, 3.8) is 0 Å². The Hall–Kier alpha value is -0.610. The van der Waals surface area contributed by atoms with Crippen molar-refractivity contribution in [2.75, 3.05) is 0 Å². The molecule has 0 aromatic rings. The van der Waals surface area contributed by atoms with E-state index in [1.807, 2.05) is 0 Å². The van der Waals surface area contributed by atoms with Crippen molar-refractivity contribution in [2.45, 2.75) is 45.4 Å². The van der Waals surface area contributed by atoms with Crippen molar-refractivity contribution < 1.29 is 14.6 Å². The molecule has 0 bridgehead atoms. The fourth-order valence-corrected chi connectivity index (χ4v) is 0.670. The molecule has 3 N–H and O–H groups in total. The average molecular weight is 175 g/mol. The smallest absolute Gasteiger partial charge is 0.310 e. The molecule has 0 aliphatic heterocycles. The molecule has 0 saturated heterocycles. The van der Waals surface area contributed by atoms with E-state index in [0.29, 0.717) is 0 Å². The summed E-state index contributed by atoms with van der Waals surface area (Å²) in [6, 6.07) is 0. The Morgan fingerprint density at radius 1 is 1.42 bits per heavy atom. The summed E-state index contributed by atoms with van der Waals surface area (Å²) in [4.78, 5) is 11.0. The lowest BCUT2D eigenvalue weighted by Gasteiger charge is -2.22. The van der Waals surface area contributed by atoms with E-state index in [1.54, 1.807) is 20.8 Å². The van der Waals surface area contributed by atoms with Gasteiger partial charge in [-0.2, -0.15) is 0 Å². The van der Waals surface area contributed by atoms with Crippen LogP contribution < -0.4 is 5.73 Å². The zero-order chi connectivity index (χ0) is 9.99. The lowest BCUT2D eigenvalue weighted by atomic mass is 10.1. The van der Waals surface area contributed by atoms with Gasteiger partial charge in [-0.15, -0.1) is 0 Å². The first-order chi connectivity index (χ1) is 5.10. The van der Waals surface area contributed by atoms with Crippen molar-refractivity contribution in [3.8, 4) is 0 Å². The molecule has 0 aromatic heterocycles. The summed E-state index contributed by atoms with van der Waals surface area (Å²) in [5, 5.41) is 9.06. The number of rotatable bonds is 2. The average Bonchev–Trinajstić information content (AvgIpc) is 1.49. The number of esters is 1. The molecule has 0 aliphatic rings. The minimum Gasteiger partial charge on any atom is -0.460 e. The molecular weight excluding hydrogens is 158 g/mol. The molecule has 72 valence electrons. The van der Waals surface area contributed by atoms with Crippen LogP contribution in [-0.2, 0) is 9.53 Å². The number of hydrogen-bond acceptors (Lipinski definition) is 4. The maximum atomic E-state index is 11.0. The minimum absolute atomic E-state index is 0.190. The molecule has 0 rings (SSSR count). The van der Waals surface area contributed by atoms with Gasteiger partial charge in [0.15, 0.2) is 0 Å². The second kappa shape index (κ2) is 3.41. The van der Waals surface area contributed by atoms with Crippen LogP contribution in [0.2, 0.25) is 0 Å². The predicted molar refractivity (Wildman–Crippen MR) is 45.3 cm³/mol. The summed E-state index contributed by atoms with van der Waals surface area (Å²) in [5.41, 5.74) is 3.20. The van der Waals surface area contributed by atoms with E-state index in [-0.39, 0.29) is 6.42 Å². The summed E-state index contributed by atoms with van der Waals surface area (Å²) in [6.45, 7) is 6.64. The standard InChI is InChI=1S/C8H17NO3/c1-7(2,3)12-6(10)5-8(4,9)11/h11H,5,9H2,1-4H3. The molecule has 4 nitrogen and oxygen atoms in total. The van der Waals surface area contributed by atoms with Gasteiger partial charge in [-0.05, 0) is 27.7 Å². The fourth-order valence-electron chi connectivity index (χ4n) is 0.670. The van der Waals surface area contributed by atoms with Crippen LogP contribution in [0.5, 0.6) is 0 Å². The van der Waals surface area contributed by atoms with E-state index in [1.165, 1.54) is 6.92 Å². The molecule has 0 aromatic carbocycles. The second-order valence-corrected chi connectivity index (χ2v) is 4.12. The monoisotopic (exact) mass is 175 g/mol. The van der Waals surface area contributed by atoms with Gasteiger partial charge in [-0.1, -0.05) is 0 Å². The highest BCUT2D eigenvalue weighted by molar-refractivity contribution is 5.70. The SMILES string of the molecule is CC(N)(O)CC(=O)OC(C)(C)C. The van der Waals surface area contributed by atoms with Gasteiger partial charge in [-0.3, -0.25) is 4.79 Å². The van der Waals surface area contributed by atoms with E-state index in [0.717, 1.165) is 0 Å². The quantitative estimate of drug-likeness (QED) is 0.470. The fraction of sp³-hybridized carbons (Fsp3) is 0.875. The normalized spacial score (nSPS) is 16.8. The summed E-state index contributed by atoms with van der Waals surface area (Å²) >= 11 is 0. The maximum absolute atomic E-state index is 11.0. The third-order valence-corrected chi connectivity index (χ3v) is 0.922. The Kier molecular flexibility index (Phi) is 3.24. The van der Waals surface area contributed by atoms with Crippen LogP contribution in [0, 0.1) is 0 Å². The molecule has 0 radical (unpaired) electrons. The molecule has 0 spiro atoms.